The van der Waals surface area contributed by atoms with E-state index < -0.39 is 5.82 Å². The van der Waals surface area contributed by atoms with Crippen LogP contribution in [-0.2, 0) is 0 Å². The van der Waals surface area contributed by atoms with Gasteiger partial charge in [0, 0.05) is 17.1 Å². The Morgan fingerprint density at radius 2 is 1.92 bits per heavy atom. The zero-order chi connectivity index (χ0) is 18.7. The molecule has 0 unspecified atom stereocenters. The molecule has 0 radical (unpaired) electrons. The fourth-order valence-corrected chi connectivity index (χ4v) is 2.56. The first-order valence-electron chi connectivity index (χ1n) is 7.46. The number of aromatic nitrogens is 1. The Bertz CT molecular complexity index is 1000. The van der Waals surface area contributed by atoms with Gasteiger partial charge in [-0.1, -0.05) is 0 Å². The molecule has 1 aromatic heterocycles. The number of rotatable bonds is 4. The van der Waals surface area contributed by atoms with Crippen molar-refractivity contribution in [1.29, 1.82) is 0 Å². The van der Waals surface area contributed by atoms with E-state index in [-0.39, 0.29) is 16.7 Å². The van der Waals surface area contributed by atoms with Crippen molar-refractivity contribution in [2.24, 2.45) is 10.2 Å². The first kappa shape index (κ1) is 17.6. The van der Waals surface area contributed by atoms with Crippen molar-refractivity contribution in [2.45, 2.75) is 0 Å². The Kier molecular flexibility index (Phi) is 4.99. The Balaban J connectivity index is 1.79. The number of methoxy groups -OCH3 is 2. The van der Waals surface area contributed by atoms with Gasteiger partial charge in [0.1, 0.15) is 5.82 Å². The minimum Gasteiger partial charge on any atom is -0.493 e. The number of nitrogens with one attached hydrogen (secondary N) is 2. The summed E-state index contributed by atoms with van der Waals surface area (Å²) in [6, 6.07) is 9.20. The number of nitrogens with zero attached hydrogens (tertiary/aromatic N) is 2. The number of benzene rings is 2. The van der Waals surface area contributed by atoms with Gasteiger partial charge >= 0.3 is 0 Å². The van der Waals surface area contributed by atoms with Crippen LogP contribution in [0.2, 0.25) is 0 Å². The molecule has 1 heterocycles. The lowest BCUT2D eigenvalue weighted by atomic mass is 10.2. The number of aromatic hydroxyl groups is 1. The van der Waals surface area contributed by atoms with E-state index in [4.69, 9.17) is 21.7 Å². The van der Waals surface area contributed by atoms with E-state index in [1.54, 1.807) is 25.3 Å². The van der Waals surface area contributed by atoms with Gasteiger partial charge in [-0.05, 0) is 42.5 Å². The molecule has 0 saturated heterocycles. The molecular weight excluding hydrogens is 359 g/mol. The highest BCUT2D eigenvalue weighted by molar-refractivity contribution is 7.80. The van der Waals surface area contributed by atoms with Crippen LogP contribution in [0.25, 0.3) is 10.9 Å². The summed E-state index contributed by atoms with van der Waals surface area (Å²) in [5.74, 6) is 0.478. The average Bonchev–Trinajstić information content (AvgIpc) is 2.93. The van der Waals surface area contributed by atoms with Crippen LogP contribution in [0.15, 0.2) is 46.6 Å². The Hall–Kier alpha value is -3.20. The summed E-state index contributed by atoms with van der Waals surface area (Å²) in [7, 11) is 3.08. The van der Waals surface area contributed by atoms with Crippen LogP contribution in [0, 0.1) is 5.82 Å². The zero-order valence-electron chi connectivity index (χ0n) is 13.9. The first-order valence-corrected chi connectivity index (χ1v) is 7.87. The standard InChI is InChI=1S/C17H15FN4O3S/c1-24-13-6-4-10(8-14(13)25-2)19-17(26)22-21-15-11-5-3-9(18)7-12(11)20-16(15)23/h3-8,20,23H,1-2H3,(H,19,26). The largest absolute Gasteiger partial charge is 0.493 e. The third-order valence-corrected chi connectivity index (χ3v) is 3.77. The maximum Gasteiger partial charge on any atom is 0.218 e. The Morgan fingerprint density at radius 1 is 1.15 bits per heavy atom. The monoisotopic (exact) mass is 374 g/mol. The van der Waals surface area contributed by atoms with Crippen LogP contribution < -0.4 is 14.8 Å². The van der Waals surface area contributed by atoms with Crippen molar-refractivity contribution >= 4 is 39.6 Å². The van der Waals surface area contributed by atoms with Crippen LogP contribution in [0.1, 0.15) is 0 Å². The van der Waals surface area contributed by atoms with Crippen LogP contribution in [0.3, 0.4) is 0 Å². The molecule has 0 aliphatic rings. The Labute approximate surface area is 153 Å². The summed E-state index contributed by atoms with van der Waals surface area (Å²) in [4.78, 5) is 2.64. The smallest absolute Gasteiger partial charge is 0.218 e. The highest BCUT2D eigenvalue weighted by Crippen LogP contribution is 2.35. The number of halogens is 1. The number of H-pyrrole nitrogens is 1. The molecule has 26 heavy (non-hydrogen) atoms. The van der Waals surface area contributed by atoms with Gasteiger partial charge in [0.05, 0.1) is 19.7 Å². The molecule has 0 spiro atoms. The van der Waals surface area contributed by atoms with E-state index in [2.05, 4.69) is 20.5 Å². The minimum absolute atomic E-state index is 0.0769. The molecule has 9 heteroatoms. The van der Waals surface area contributed by atoms with Gasteiger partial charge < -0.3 is 24.9 Å². The molecule has 0 aliphatic heterocycles. The molecule has 2 aromatic carbocycles. The molecular formula is C17H15FN4O3S. The third kappa shape index (κ3) is 3.57. The van der Waals surface area contributed by atoms with E-state index in [0.29, 0.717) is 28.1 Å². The molecule has 3 N–H and O–H groups in total. The summed E-state index contributed by atoms with van der Waals surface area (Å²) in [5, 5.41) is 21.3. The van der Waals surface area contributed by atoms with Crippen molar-refractivity contribution in [3.8, 4) is 17.4 Å². The lowest BCUT2D eigenvalue weighted by Gasteiger charge is -2.09. The molecule has 3 aromatic rings. The number of ether oxygens (including phenoxy) is 2. The second-order valence-electron chi connectivity index (χ2n) is 5.21. The molecule has 0 fully saturated rings. The quantitative estimate of drug-likeness (QED) is 0.462. The van der Waals surface area contributed by atoms with E-state index in [1.165, 1.54) is 25.3 Å². The number of hydrogen-bond acceptors (Lipinski definition) is 5. The maximum absolute atomic E-state index is 13.2. The normalized spacial score (nSPS) is 11.0. The highest BCUT2D eigenvalue weighted by atomic mass is 32.1. The molecule has 0 amide bonds. The molecule has 0 aliphatic carbocycles. The van der Waals surface area contributed by atoms with Crippen molar-refractivity contribution < 1.29 is 19.0 Å². The molecule has 0 bridgehead atoms. The number of fused-ring (bicyclic) bond motifs is 1. The third-order valence-electron chi connectivity index (χ3n) is 3.59. The number of azo groups is 1. The van der Waals surface area contributed by atoms with Gasteiger partial charge in [-0.3, -0.25) is 0 Å². The molecule has 7 nitrogen and oxygen atoms in total. The number of thiocarbonyl (C=S) groups is 1. The van der Waals surface area contributed by atoms with Crippen molar-refractivity contribution in [3.63, 3.8) is 0 Å². The van der Waals surface area contributed by atoms with E-state index >= 15 is 0 Å². The van der Waals surface area contributed by atoms with Crippen molar-refractivity contribution in [3.05, 3.63) is 42.2 Å². The maximum atomic E-state index is 13.2. The van der Waals surface area contributed by atoms with Crippen LogP contribution in [-0.4, -0.2) is 29.4 Å². The van der Waals surface area contributed by atoms with E-state index in [9.17, 15) is 9.50 Å². The van der Waals surface area contributed by atoms with E-state index in [0.717, 1.165) is 0 Å². The highest BCUT2D eigenvalue weighted by Gasteiger charge is 2.11. The minimum atomic E-state index is -0.423. The van der Waals surface area contributed by atoms with Gasteiger partial charge in [-0.25, -0.2) is 4.39 Å². The van der Waals surface area contributed by atoms with Crippen LogP contribution in [0.4, 0.5) is 15.8 Å². The predicted molar refractivity (Wildman–Crippen MR) is 100 cm³/mol. The topological polar surface area (TPSA) is 91.2 Å². The average molecular weight is 374 g/mol. The lowest BCUT2D eigenvalue weighted by molar-refractivity contribution is 0.355. The fraction of sp³-hybridized carbons (Fsp3) is 0.118. The summed E-state index contributed by atoms with van der Waals surface area (Å²) < 4.78 is 23.6. The first-order chi connectivity index (χ1) is 12.5. The van der Waals surface area contributed by atoms with E-state index in [1.807, 2.05) is 0 Å². The summed E-state index contributed by atoms with van der Waals surface area (Å²) in [5.41, 5.74) is 1.23. The van der Waals surface area contributed by atoms with Crippen LogP contribution >= 0.6 is 12.2 Å². The van der Waals surface area contributed by atoms with Gasteiger partial charge in [-0.2, -0.15) is 0 Å². The molecule has 134 valence electrons. The molecule has 0 saturated carbocycles. The zero-order valence-corrected chi connectivity index (χ0v) is 14.7. The second-order valence-corrected chi connectivity index (χ2v) is 5.60. The second kappa shape index (κ2) is 7.36. The fourth-order valence-electron chi connectivity index (χ4n) is 2.40. The molecule has 3 rings (SSSR count). The SMILES string of the molecule is COc1ccc(NC(=S)N=Nc2c(O)[nH]c3cc(F)ccc23)cc1OC. The van der Waals surface area contributed by atoms with Crippen molar-refractivity contribution in [2.75, 3.05) is 19.5 Å². The summed E-state index contributed by atoms with van der Waals surface area (Å²) in [6.07, 6.45) is 0. The summed E-state index contributed by atoms with van der Waals surface area (Å²) >= 11 is 5.14. The van der Waals surface area contributed by atoms with Gasteiger partial charge in [0.25, 0.3) is 0 Å². The Morgan fingerprint density at radius 3 is 2.65 bits per heavy atom. The summed E-state index contributed by atoms with van der Waals surface area (Å²) in [6.45, 7) is 0. The van der Waals surface area contributed by atoms with Crippen molar-refractivity contribution in [1.82, 2.24) is 4.98 Å². The number of hydrogen-bond donors (Lipinski definition) is 3. The predicted octanol–water partition coefficient (Wildman–Crippen LogP) is 4.51. The number of anilines is 1. The van der Waals surface area contributed by atoms with Gasteiger partial charge in [0.2, 0.25) is 11.0 Å². The van der Waals surface area contributed by atoms with Gasteiger partial charge in [0.15, 0.2) is 17.2 Å². The van der Waals surface area contributed by atoms with Crippen LogP contribution in [0.5, 0.6) is 17.4 Å². The lowest BCUT2D eigenvalue weighted by Crippen LogP contribution is -2.05. The van der Waals surface area contributed by atoms with Gasteiger partial charge in [-0.15, -0.1) is 10.2 Å². The number of aromatic amines is 1. The molecule has 0 atom stereocenters.